The molecule has 1 atom stereocenters. The monoisotopic (exact) mass is 223 g/mol. The van der Waals surface area contributed by atoms with Crippen molar-refractivity contribution >= 4 is 23.9 Å². The van der Waals surface area contributed by atoms with Crippen LogP contribution in [0.5, 0.6) is 0 Å². The summed E-state index contributed by atoms with van der Waals surface area (Å²) in [5.41, 5.74) is 4.84. The molecular formula is C6H9NO8. The zero-order valence-corrected chi connectivity index (χ0v) is 7.28. The Morgan fingerprint density at radius 1 is 0.933 bits per heavy atom. The van der Waals surface area contributed by atoms with Gasteiger partial charge in [0.2, 0.25) is 0 Å². The van der Waals surface area contributed by atoms with Crippen LogP contribution in [0.4, 0.5) is 0 Å². The van der Waals surface area contributed by atoms with E-state index in [0.29, 0.717) is 0 Å². The van der Waals surface area contributed by atoms with Crippen molar-refractivity contribution in [2.75, 3.05) is 0 Å². The Morgan fingerprint density at radius 2 is 1.27 bits per heavy atom. The molecule has 0 aliphatic rings. The fourth-order valence-corrected chi connectivity index (χ4v) is 0.275. The van der Waals surface area contributed by atoms with E-state index in [1.807, 2.05) is 0 Å². The maximum atomic E-state index is 9.85. The first-order valence-corrected chi connectivity index (χ1v) is 3.34. The smallest absolute Gasteiger partial charge is 0.414 e. The van der Waals surface area contributed by atoms with Crippen LogP contribution in [0.2, 0.25) is 0 Å². The Kier molecular flexibility index (Phi) is 7.42. The molecule has 0 aromatic carbocycles. The van der Waals surface area contributed by atoms with Gasteiger partial charge in [-0.05, 0) is 0 Å². The van der Waals surface area contributed by atoms with E-state index in [-0.39, 0.29) is 0 Å². The first kappa shape index (κ1) is 15.3. The average Bonchev–Trinajstić information content (AvgIpc) is 2.03. The lowest BCUT2D eigenvalue weighted by atomic mass is 10.2. The Balaban J connectivity index is 0. The lowest BCUT2D eigenvalue weighted by molar-refractivity contribution is -0.159. The molecule has 9 nitrogen and oxygen atoms in total. The van der Waals surface area contributed by atoms with Crippen LogP contribution < -0.4 is 5.73 Å². The Bertz CT molecular complexity index is 260. The summed E-state index contributed by atoms with van der Waals surface area (Å²) in [5.74, 6) is -6.15. The molecule has 0 spiro atoms. The van der Waals surface area contributed by atoms with Crippen molar-refractivity contribution in [2.24, 2.45) is 5.73 Å². The molecule has 86 valence electrons. The lowest BCUT2D eigenvalue weighted by Gasteiger charge is -1.99. The van der Waals surface area contributed by atoms with E-state index < -0.39 is 36.3 Å². The number of hydrogen-bond acceptors (Lipinski definition) is 5. The van der Waals surface area contributed by atoms with Gasteiger partial charge in [0.25, 0.3) is 0 Å². The quantitative estimate of drug-likeness (QED) is 0.339. The van der Waals surface area contributed by atoms with Gasteiger partial charge in [-0.2, -0.15) is 0 Å². The zero-order chi connectivity index (χ0) is 12.6. The van der Waals surface area contributed by atoms with Gasteiger partial charge in [-0.3, -0.25) is 9.59 Å². The van der Waals surface area contributed by atoms with Gasteiger partial charge in [-0.15, -0.1) is 0 Å². The van der Waals surface area contributed by atoms with Gasteiger partial charge in [0.05, 0.1) is 6.42 Å². The topological polar surface area (TPSA) is 175 Å². The van der Waals surface area contributed by atoms with Gasteiger partial charge < -0.3 is 26.2 Å². The molecule has 15 heavy (non-hydrogen) atoms. The van der Waals surface area contributed by atoms with Crippen LogP contribution in [-0.4, -0.2) is 50.3 Å². The van der Waals surface area contributed by atoms with Crippen LogP contribution in [0.25, 0.3) is 0 Å². The molecule has 0 aromatic rings. The van der Waals surface area contributed by atoms with Gasteiger partial charge in [0.1, 0.15) is 6.04 Å². The molecule has 0 unspecified atom stereocenters. The number of carboxylic acid groups (broad SMARTS) is 4. The Labute approximate surface area is 82.7 Å². The SMILES string of the molecule is N[C@@H](CC(=O)O)C(=O)O.O=C(O)C(=O)O. The highest BCUT2D eigenvalue weighted by Gasteiger charge is 2.14. The standard InChI is InChI=1S/C4H7NO4.C2H2O4/c5-2(4(8)9)1-3(6)7;3-1(4)2(5)6/h2H,1,5H2,(H,6,7)(H,8,9);(H,3,4)(H,5,6)/t2-;/m0./s1. The third kappa shape index (κ3) is 11.8. The van der Waals surface area contributed by atoms with Crippen LogP contribution in [0.1, 0.15) is 6.42 Å². The van der Waals surface area contributed by atoms with Crippen LogP contribution in [0, 0.1) is 0 Å². The van der Waals surface area contributed by atoms with Gasteiger partial charge in [-0.1, -0.05) is 0 Å². The predicted molar refractivity (Wildman–Crippen MR) is 43.1 cm³/mol. The zero-order valence-electron chi connectivity index (χ0n) is 7.28. The van der Waals surface area contributed by atoms with Crippen molar-refractivity contribution < 1.29 is 39.6 Å². The molecule has 0 radical (unpaired) electrons. The lowest BCUT2D eigenvalue weighted by Crippen LogP contribution is -2.32. The number of hydrogen-bond donors (Lipinski definition) is 5. The number of nitrogens with two attached hydrogens (primary N) is 1. The van der Waals surface area contributed by atoms with E-state index in [4.69, 9.17) is 35.7 Å². The Morgan fingerprint density at radius 3 is 1.33 bits per heavy atom. The summed E-state index contributed by atoms with van der Waals surface area (Å²) in [5, 5.41) is 30.8. The van der Waals surface area contributed by atoms with Gasteiger partial charge in [0.15, 0.2) is 0 Å². The van der Waals surface area contributed by atoms with Gasteiger partial charge in [-0.25, -0.2) is 9.59 Å². The van der Waals surface area contributed by atoms with Crippen molar-refractivity contribution in [3.8, 4) is 0 Å². The summed E-state index contributed by atoms with van der Waals surface area (Å²) in [6.07, 6.45) is -0.532. The predicted octanol–water partition coefficient (Wildman–Crippen LogP) is -1.97. The molecule has 0 saturated carbocycles. The largest absolute Gasteiger partial charge is 0.481 e. The summed E-state index contributed by atoms with van der Waals surface area (Å²) in [6, 6.07) is -1.29. The number of carboxylic acids is 4. The molecule has 0 rings (SSSR count). The van der Waals surface area contributed by atoms with Crippen LogP contribution in [-0.2, 0) is 19.2 Å². The minimum atomic E-state index is -1.82. The third-order valence-electron chi connectivity index (χ3n) is 0.895. The minimum absolute atomic E-state index is 0.532. The van der Waals surface area contributed by atoms with Gasteiger partial charge in [0, 0.05) is 0 Å². The van der Waals surface area contributed by atoms with E-state index in [1.54, 1.807) is 0 Å². The summed E-state index contributed by atoms with van der Waals surface area (Å²) in [6.45, 7) is 0. The minimum Gasteiger partial charge on any atom is -0.481 e. The van der Waals surface area contributed by atoms with Crippen molar-refractivity contribution in [3.05, 3.63) is 0 Å². The normalized spacial score (nSPS) is 10.5. The summed E-state index contributed by atoms with van der Waals surface area (Å²) in [4.78, 5) is 37.8. The van der Waals surface area contributed by atoms with Crippen molar-refractivity contribution in [1.29, 1.82) is 0 Å². The molecule has 6 N–H and O–H groups in total. The second-order valence-corrected chi connectivity index (χ2v) is 2.15. The molecule has 0 bridgehead atoms. The van der Waals surface area contributed by atoms with E-state index in [0.717, 1.165) is 0 Å². The fraction of sp³-hybridized carbons (Fsp3) is 0.333. The van der Waals surface area contributed by atoms with Crippen LogP contribution >= 0.6 is 0 Å². The van der Waals surface area contributed by atoms with Gasteiger partial charge >= 0.3 is 23.9 Å². The van der Waals surface area contributed by atoms with E-state index >= 15 is 0 Å². The number of carbonyl (C=O) groups is 4. The molecule has 0 heterocycles. The maximum Gasteiger partial charge on any atom is 0.414 e. The van der Waals surface area contributed by atoms with Crippen molar-refractivity contribution in [1.82, 2.24) is 0 Å². The Hall–Kier alpha value is -2.16. The second-order valence-electron chi connectivity index (χ2n) is 2.15. The molecule has 0 saturated heterocycles. The highest BCUT2D eigenvalue weighted by Crippen LogP contribution is 1.86. The van der Waals surface area contributed by atoms with Crippen molar-refractivity contribution in [2.45, 2.75) is 12.5 Å². The summed E-state index contributed by atoms with van der Waals surface area (Å²) < 4.78 is 0. The summed E-state index contributed by atoms with van der Waals surface area (Å²) in [7, 11) is 0. The van der Waals surface area contributed by atoms with Crippen molar-refractivity contribution in [3.63, 3.8) is 0 Å². The summed E-state index contributed by atoms with van der Waals surface area (Å²) >= 11 is 0. The molecule has 0 aliphatic heterocycles. The third-order valence-corrected chi connectivity index (χ3v) is 0.895. The molecular weight excluding hydrogens is 214 g/mol. The van der Waals surface area contributed by atoms with Crippen LogP contribution in [0.3, 0.4) is 0 Å². The molecule has 0 fully saturated rings. The number of aliphatic carboxylic acids is 4. The van der Waals surface area contributed by atoms with E-state index in [1.165, 1.54) is 0 Å². The van der Waals surface area contributed by atoms with E-state index in [2.05, 4.69) is 0 Å². The second kappa shape index (κ2) is 7.26. The fourth-order valence-electron chi connectivity index (χ4n) is 0.275. The van der Waals surface area contributed by atoms with E-state index in [9.17, 15) is 9.59 Å². The number of rotatable bonds is 3. The molecule has 0 aromatic heterocycles. The first-order valence-electron chi connectivity index (χ1n) is 3.34. The highest BCUT2D eigenvalue weighted by molar-refractivity contribution is 6.27. The van der Waals surface area contributed by atoms with Crippen LogP contribution in [0.15, 0.2) is 0 Å². The molecule has 0 amide bonds. The molecule has 0 aliphatic carbocycles. The average molecular weight is 223 g/mol. The first-order chi connectivity index (χ1) is 6.68. The highest BCUT2D eigenvalue weighted by atomic mass is 16.4. The molecule has 9 heteroatoms. The maximum absolute atomic E-state index is 9.85.